The number of benzene rings is 2. The first-order valence-corrected chi connectivity index (χ1v) is 8.88. The molecule has 2 aromatic carbocycles. The summed E-state index contributed by atoms with van der Waals surface area (Å²) in [6.45, 7) is 1.84. The fourth-order valence-electron chi connectivity index (χ4n) is 2.05. The second-order valence-electron chi connectivity index (χ2n) is 5.30. The highest BCUT2D eigenvalue weighted by Crippen LogP contribution is 2.15. The minimum atomic E-state index is -0.736. The molecule has 10 heteroatoms. The van der Waals surface area contributed by atoms with Gasteiger partial charge < -0.3 is 10.1 Å². The van der Waals surface area contributed by atoms with Gasteiger partial charge in [-0.15, -0.1) is 0 Å². The van der Waals surface area contributed by atoms with Gasteiger partial charge in [-0.1, -0.05) is 23.7 Å². The fourth-order valence-corrected chi connectivity index (χ4v) is 2.37. The Labute approximate surface area is 171 Å². The number of alkyl carbamates (subject to hydrolysis) is 1. The average Bonchev–Trinajstić information content (AvgIpc) is 2.66. The second-order valence-corrected chi connectivity index (χ2v) is 6.14. The molecule has 8 nitrogen and oxygen atoms in total. The first kappa shape index (κ1) is 21.1. The molecule has 0 fully saturated rings. The third-order valence-corrected chi connectivity index (χ3v) is 3.69. The molecule has 0 saturated carbocycles. The highest BCUT2D eigenvalue weighted by Gasteiger charge is 2.11. The van der Waals surface area contributed by atoms with Gasteiger partial charge in [-0.25, -0.2) is 4.79 Å². The maximum absolute atomic E-state index is 12.3. The highest BCUT2D eigenvalue weighted by atomic mass is 35.5. The van der Waals surface area contributed by atoms with Crippen LogP contribution in [0.1, 0.15) is 27.6 Å². The Morgan fingerprint density at radius 3 is 2.36 bits per heavy atom. The number of halogens is 1. The molecule has 0 saturated heterocycles. The van der Waals surface area contributed by atoms with Crippen molar-refractivity contribution in [3.05, 3.63) is 64.7 Å². The molecule has 0 aromatic heterocycles. The van der Waals surface area contributed by atoms with E-state index < -0.39 is 12.0 Å². The molecule has 0 unspecified atom stereocenters. The van der Waals surface area contributed by atoms with Gasteiger partial charge >= 0.3 is 6.09 Å². The topological polar surface area (TPSA) is 109 Å². The molecule has 3 amide bonds. The normalized spacial score (nSPS) is 9.79. The van der Waals surface area contributed by atoms with Crippen LogP contribution < -0.4 is 21.5 Å². The smallest absolute Gasteiger partial charge is 0.413 e. The predicted octanol–water partition coefficient (Wildman–Crippen LogP) is 2.86. The van der Waals surface area contributed by atoms with E-state index in [1.807, 2.05) is 0 Å². The lowest BCUT2D eigenvalue weighted by atomic mass is 10.1. The molecule has 0 spiro atoms. The highest BCUT2D eigenvalue weighted by molar-refractivity contribution is 7.80. The summed E-state index contributed by atoms with van der Waals surface area (Å²) in [6.07, 6.45) is -0.736. The van der Waals surface area contributed by atoms with Crippen molar-refractivity contribution in [2.45, 2.75) is 6.92 Å². The summed E-state index contributed by atoms with van der Waals surface area (Å²) in [6, 6.07) is 12.8. The van der Waals surface area contributed by atoms with E-state index in [2.05, 4.69) is 26.2 Å². The molecule has 0 aliphatic rings. The maximum Gasteiger partial charge on any atom is 0.413 e. The van der Waals surface area contributed by atoms with Gasteiger partial charge in [0.25, 0.3) is 11.8 Å². The van der Waals surface area contributed by atoms with Crippen molar-refractivity contribution >= 4 is 52.5 Å². The van der Waals surface area contributed by atoms with Crippen molar-refractivity contribution in [3.63, 3.8) is 0 Å². The first-order chi connectivity index (χ1) is 13.4. The summed E-state index contributed by atoms with van der Waals surface area (Å²) in [7, 11) is 0. The van der Waals surface area contributed by atoms with Gasteiger partial charge in [0.15, 0.2) is 5.11 Å². The van der Waals surface area contributed by atoms with Gasteiger partial charge in [0.1, 0.15) is 0 Å². The van der Waals surface area contributed by atoms with Crippen LogP contribution in [0, 0.1) is 0 Å². The summed E-state index contributed by atoms with van der Waals surface area (Å²) in [4.78, 5) is 35.7. The second kappa shape index (κ2) is 10.2. The number of rotatable bonds is 4. The number of thiocarbonyl (C=S) groups is 1. The van der Waals surface area contributed by atoms with Crippen LogP contribution in [0.25, 0.3) is 0 Å². The van der Waals surface area contributed by atoms with Crippen molar-refractivity contribution in [3.8, 4) is 0 Å². The number of hydrogen-bond acceptors (Lipinski definition) is 5. The number of amides is 3. The van der Waals surface area contributed by atoms with Crippen LogP contribution in [0.15, 0.2) is 48.5 Å². The summed E-state index contributed by atoms with van der Waals surface area (Å²) in [5.41, 5.74) is 5.78. The zero-order valence-electron chi connectivity index (χ0n) is 14.7. The molecule has 0 heterocycles. The molecule has 0 bridgehead atoms. The molecule has 28 heavy (non-hydrogen) atoms. The predicted molar refractivity (Wildman–Crippen MR) is 109 cm³/mol. The van der Waals surface area contributed by atoms with Crippen LogP contribution in [-0.4, -0.2) is 29.6 Å². The van der Waals surface area contributed by atoms with E-state index in [0.29, 0.717) is 16.3 Å². The lowest BCUT2D eigenvalue weighted by molar-refractivity contribution is 0.0941. The summed E-state index contributed by atoms with van der Waals surface area (Å²) >= 11 is 10.7. The zero-order valence-corrected chi connectivity index (χ0v) is 16.3. The largest absolute Gasteiger partial charge is 0.450 e. The lowest BCUT2D eigenvalue weighted by Crippen LogP contribution is -2.48. The number of nitrogens with one attached hydrogen (secondary N) is 4. The molecule has 2 aromatic rings. The SMILES string of the molecule is CCOC(=O)NC(=S)NNC(=O)c1cccc(NC(=O)c2cccc(Cl)c2)c1. The van der Waals surface area contributed by atoms with Gasteiger partial charge in [-0.05, 0) is 55.5 Å². The van der Waals surface area contributed by atoms with Crippen LogP contribution in [0.4, 0.5) is 10.5 Å². The van der Waals surface area contributed by atoms with E-state index in [9.17, 15) is 14.4 Å². The number of ether oxygens (including phenoxy) is 1. The Bertz CT molecular complexity index is 907. The van der Waals surface area contributed by atoms with Crippen molar-refractivity contribution in [1.29, 1.82) is 0 Å². The Morgan fingerprint density at radius 1 is 1.00 bits per heavy atom. The van der Waals surface area contributed by atoms with Gasteiger partial charge in [-0.3, -0.25) is 25.8 Å². The quantitative estimate of drug-likeness (QED) is 0.447. The third kappa shape index (κ3) is 6.53. The average molecular weight is 421 g/mol. The van der Waals surface area contributed by atoms with Gasteiger partial charge in [0.05, 0.1) is 6.61 Å². The van der Waals surface area contributed by atoms with Crippen molar-refractivity contribution in [2.75, 3.05) is 11.9 Å². The lowest BCUT2D eigenvalue weighted by Gasteiger charge is -2.11. The van der Waals surface area contributed by atoms with E-state index in [0.717, 1.165) is 0 Å². The number of carbonyl (C=O) groups is 3. The Kier molecular flexibility index (Phi) is 7.73. The monoisotopic (exact) mass is 420 g/mol. The minimum Gasteiger partial charge on any atom is -0.450 e. The Hall–Kier alpha value is -3.17. The van der Waals surface area contributed by atoms with Gasteiger partial charge in [0.2, 0.25) is 0 Å². The van der Waals surface area contributed by atoms with Gasteiger partial charge in [-0.2, -0.15) is 0 Å². The van der Waals surface area contributed by atoms with Crippen LogP contribution in [0.5, 0.6) is 0 Å². The minimum absolute atomic E-state index is 0.128. The van der Waals surface area contributed by atoms with Crippen molar-refractivity contribution in [1.82, 2.24) is 16.2 Å². The maximum atomic E-state index is 12.3. The summed E-state index contributed by atoms with van der Waals surface area (Å²) in [5.74, 6) is -0.884. The molecule has 2 rings (SSSR count). The molecular weight excluding hydrogens is 404 g/mol. The molecule has 0 aliphatic heterocycles. The Balaban J connectivity index is 1.94. The van der Waals surface area contributed by atoms with Crippen LogP contribution in [0.3, 0.4) is 0 Å². The van der Waals surface area contributed by atoms with E-state index in [1.165, 1.54) is 12.1 Å². The zero-order chi connectivity index (χ0) is 20.5. The summed E-state index contributed by atoms with van der Waals surface area (Å²) in [5, 5.41) is 5.23. The third-order valence-electron chi connectivity index (χ3n) is 3.25. The number of hydrogen-bond donors (Lipinski definition) is 4. The van der Waals surface area contributed by atoms with E-state index >= 15 is 0 Å². The molecule has 146 valence electrons. The van der Waals surface area contributed by atoms with Crippen LogP contribution in [-0.2, 0) is 4.74 Å². The number of anilines is 1. The molecule has 0 aliphatic carbocycles. The van der Waals surface area contributed by atoms with E-state index in [-0.39, 0.29) is 23.2 Å². The molecule has 0 radical (unpaired) electrons. The first-order valence-electron chi connectivity index (χ1n) is 8.10. The van der Waals surface area contributed by atoms with E-state index in [1.54, 1.807) is 43.3 Å². The molecule has 0 atom stereocenters. The van der Waals surface area contributed by atoms with Gasteiger partial charge in [0, 0.05) is 21.8 Å². The standard InChI is InChI=1S/C18H17ClN4O4S/c1-2-27-18(26)21-17(28)23-22-16(25)12-6-4-8-14(10-12)20-15(24)11-5-3-7-13(19)9-11/h3-10H,2H2,1H3,(H,20,24)(H,22,25)(H2,21,23,26,28). The van der Waals surface area contributed by atoms with Crippen molar-refractivity contribution < 1.29 is 19.1 Å². The number of carbonyl (C=O) groups excluding carboxylic acids is 3. The Morgan fingerprint density at radius 2 is 1.68 bits per heavy atom. The molecular formula is C18H17ClN4O4S. The summed E-state index contributed by atoms with van der Waals surface area (Å²) < 4.78 is 4.66. The van der Waals surface area contributed by atoms with E-state index in [4.69, 9.17) is 23.8 Å². The fraction of sp³-hybridized carbons (Fsp3) is 0.111. The van der Waals surface area contributed by atoms with Crippen LogP contribution >= 0.6 is 23.8 Å². The van der Waals surface area contributed by atoms with Crippen LogP contribution in [0.2, 0.25) is 5.02 Å². The molecule has 4 N–H and O–H groups in total. The van der Waals surface area contributed by atoms with Crippen molar-refractivity contribution in [2.24, 2.45) is 0 Å². The number of hydrazine groups is 1.